The van der Waals surface area contributed by atoms with Crippen molar-refractivity contribution in [2.75, 3.05) is 6.54 Å². The summed E-state index contributed by atoms with van der Waals surface area (Å²) in [4.78, 5) is 1.40. The Labute approximate surface area is 127 Å². The summed E-state index contributed by atoms with van der Waals surface area (Å²) >= 11 is 1.61. The molecule has 1 N–H and O–H groups in total. The van der Waals surface area contributed by atoms with Gasteiger partial charge in [0, 0.05) is 6.04 Å². The van der Waals surface area contributed by atoms with Crippen molar-refractivity contribution in [3.63, 3.8) is 0 Å². The lowest BCUT2D eigenvalue weighted by molar-refractivity contribution is 0.173. The number of hydrogen-bond acceptors (Lipinski definition) is 4. The molecule has 0 bridgehead atoms. The molecule has 20 heavy (non-hydrogen) atoms. The molecular weight excluding hydrogens is 266 g/mol. The van der Waals surface area contributed by atoms with E-state index in [0.717, 1.165) is 37.1 Å². The molecule has 1 aliphatic rings. The Morgan fingerprint density at radius 2 is 2.05 bits per heavy atom. The predicted molar refractivity (Wildman–Crippen MR) is 86.0 cm³/mol. The minimum Gasteiger partial charge on any atom is -0.309 e. The minimum atomic E-state index is 0.469. The Morgan fingerprint density at radius 1 is 1.25 bits per heavy atom. The highest BCUT2D eigenvalue weighted by molar-refractivity contribution is 7.05. The van der Waals surface area contributed by atoms with E-state index in [2.05, 4.69) is 42.6 Å². The maximum atomic E-state index is 4.37. The molecule has 2 rings (SSSR count). The summed E-state index contributed by atoms with van der Waals surface area (Å²) in [5.41, 5.74) is 1.23. The molecule has 4 atom stereocenters. The van der Waals surface area contributed by atoms with Crippen LogP contribution in [0.2, 0.25) is 0 Å². The second-order valence-electron chi connectivity index (χ2n) is 6.40. The molecular formula is C16H29N3S. The summed E-state index contributed by atoms with van der Waals surface area (Å²) in [6.45, 7) is 10.3. The molecule has 0 radical (unpaired) electrons. The van der Waals surface area contributed by atoms with Crippen LogP contribution in [0.5, 0.6) is 0 Å². The van der Waals surface area contributed by atoms with Crippen LogP contribution in [0.15, 0.2) is 0 Å². The van der Waals surface area contributed by atoms with Crippen molar-refractivity contribution in [2.24, 2.45) is 17.8 Å². The summed E-state index contributed by atoms with van der Waals surface area (Å²) in [5, 5.41) is 8.09. The maximum absolute atomic E-state index is 4.37. The third-order valence-corrected chi connectivity index (χ3v) is 5.74. The SMILES string of the molecule is CCCc1nnsc1C(NCC)C1CCC(C)C(C)C1. The van der Waals surface area contributed by atoms with E-state index in [1.807, 2.05) is 0 Å². The van der Waals surface area contributed by atoms with Crippen LogP contribution >= 0.6 is 11.5 Å². The first kappa shape index (κ1) is 15.9. The lowest BCUT2D eigenvalue weighted by atomic mass is 9.73. The van der Waals surface area contributed by atoms with E-state index in [9.17, 15) is 0 Å². The number of hydrogen-bond donors (Lipinski definition) is 1. The van der Waals surface area contributed by atoms with Gasteiger partial charge in [0.1, 0.15) is 0 Å². The third kappa shape index (κ3) is 3.59. The van der Waals surface area contributed by atoms with Crippen LogP contribution in [0.25, 0.3) is 0 Å². The molecule has 1 fully saturated rings. The summed E-state index contributed by atoms with van der Waals surface area (Å²) in [7, 11) is 0. The molecule has 1 saturated carbocycles. The van der Waals surface area contributed by atoms with Crippen molar-refractivity contribution in [1.29, 1.82) is 0 Å². The van der Waals surface area contributed by atoms with E-state index in [-0.39, 0.29) is 0 Å². The van der Waals surface area contributed by atoms with E-state index >= 15 is 0 Å². The average molecular weight is 295 g/mol. The lowest BCUT2D eigenvalue weighted by Gasteiger charge is -2.36. The minimum absolute atomic E-state index is 0.469. The van der Waals surface area contributed by atoms with Crippen molar-refractivity contribution >= 4 is 11.5 Å². The van der Waals surface area contributed by atoms with Gasteiger partial charge in [-0.15, -0.1) is 5.10 Å². The molecule has 0 aromatic carbocycles. The number of nitrogens with zero attached hydrogens (tertiary/aromatic N) is 2. The monoisotopic (exact) mass is 295 g/mol. The van der Waals surface area contributed by atoms with Gasteiger partial charge < -0.3 is 5.32 Å². The first-order valence-corrected chi connectivity index (χ1v) is 8.99. The van der Waals surface area contributed by atoms with E-state index in [1.54, 1.807) is 11.5 Å². The van der Waals surface area contributed by atoms with Crippen LogP contribution in [0.1, 0.15) is 70.0 Å². The molecule has 3 nitrogen and oxygen atoms in total. The fraction of sp³-hybridized carbons (Fsp3) is 0.875. The van der Waals surface area contributed by atoms with Gasteiger partial charge in [-0.25, -0.2) is 0 Å². The first-order chi connectivity index (χ1) is 9.67. The second-order valence-corrected chi connectivity index (χ2v) is 7.18. The smallest absolute Gasteiger partial charge is 0.0803 e. The van der Waals surface area contributed by atoms with Gasteiger partial charge in [-0.2, -0.15) is 0 Å². The molecule has 1 aliphatic carbocycles. The quantitative estimate of drug-likeness (QED) is 0.854. The van der Waals surface area contributed by atoms with Crippen LogP contribution in [-0.4, -0.2) is 16.1 Å². The zero-order chi connectivity index (χ0) is 14.5. The number of rotatable bonds is 6. The maximum Gasteiger partial charge on any atom is 0.0803 e. The largest absolute Gasteiger partial charge is 0.309 e. The molecule has 0 spiro atoms. The van der Waals surface area contributed by atoms with Crippen molar-refractivity contribution in [1.82, 2.24) is 14.9 Å². The second kappa shape index (κ2) is 7.51. The van der Waals surface area contributed by atoms with Crippen LogP contribution in [0.4, 0.5) is 0 Å². The van der Waals surface area contributed by atoms with Crippen molar-refractivity contribution in [3.05, 3.63) is 10.6 Å². The molecule has 1 aromatic rings. The van der Waals surface area contributed by atoms with Crippen LogP contribution < -0.4 is 5.32 Å². The fourth-order valence-corrected chi connectivity index (χ4v) is 4.31. The first-order valence-electron chi connectivity index (χ1n) is 8.21. The molecule has 0 aliphatic heterocycles. The summed E-state index contributed by atoms with van der Waals surface area (Å²) in [5.74, 6) is 2.47. The molecule has 1 heterocycles. The van der Waals surface area contributed by atoms with Crippen LogP contribution in [-0.2, 0) is 6.42 Å². The zero-order valence-corrected chi connectivity index (χ0v) is 14.2. The van der Waals surface area contributed by atoms with Gasteiger partial charge in [0.2, 0.25) is 0 Å². The standard InChI is InChI=1S/C16H29N3S/c1-5-7-14-16(20-19-18-14)15(17-6-2)13-9-8-11(3)12(4)10-13/h11-13,15,17H,5-10H2,1-4H3. The van der Waals surface area contributed by atoms with E-state index in [0.29, 0.717) is 6.04 Å². The van der Waals surface area contributed by atoms with E-state index in [4.69, 9.17) is 0 Å². The average Bonchev–Trinajstić information content (AvgIpc) is 2.88. The summed E-state index contributed by atoms with van der Waals surface area (Å²) < 4.78 is 4.22. The highest BCUT2D eigenvalue weighted by Crippen LogP contribution is 2.41. The summed E-state index contributed by atoms with van der Waals surface area (Å²) in [6.07, 6.45) is 6.25. The van der Waals surface area contributed by atoms with Gasteiger partial charge in [-0.3, -0.25) is 0 Å². The fourth-order valence-electron chi connectivity index (χ4n) is 3.45. The Hall–Kier alpha value is -0.480. The van der Waals surface area contributed by atoms with Crippen LogP contribution in [0, 0.1) is 17.8 Å². The number of aromatic nitrogens is 2. The van der Waals surface area contributed by atoms with E-state index < -0.39 is 0 Å². The topological polar surface area (TPSA) is 37.8 Å². The van der Waals surface area contributed by atoms with E-state index in [1.165, 1.54) is 29.8 Å². The Balaban J connectivity index is 2.15. The van der Waals surface area contributed by atoms with Gasteiger partial charge in [-0.05, 0) is 55.1 Å². The molecule has 0 saturated heterocycles. The Bertz CT molecular complexity index is 404. The number of aryl methyl sites for hydroxylation is 1. The summed E-state index contributed by atoms with van der Waals surface area (Å²) in [6, 6.07) is 0.469. The predicted octanol–water partition coefficient (Wildman–Crippen LogP) is 4.21. The van der Waals surface area contributed by atoms with Gasteiger partial charge >= 0.3 is 0 Å². The Morgan fingerprint density at radius 3 is 2.70 bits per heavy atom. The van der Waals surface area contributed by atoms with Crippen molar-refractivity contribution < 1.29 is 0 Å². The van der Waals surface area contributed by atoms with Gasteiger partial charge in [0.15, 0.2) is 0 Å². The zero-order valence-electron chi connectivity index (χ0n) is 13.4. The van der Waals surface area contributed by atoms with Gasteiger partial charge in [-0.1, -0.05) is 45.0 Å². The molecule has 0 amide bonds. The normalized spacial score (nSPS) is 28.5. The lowest BCUT2D eigenvalue weighted by Crippen LogP contribution is -2.33. The highest BCUT2D eigenvalue weighted by Gasteiger charge is 2.32. The number of nitrogens with one attached hydrogen (secondary N) is 1. The molecule has 4 unspecified atom stereocenters. The molecule has 1 aromatic heterocycles. The van der Waals surface area contributed by atoms with Gasteiger partial charge in [0.05, 0.1) is 10.6 Å². The Kier molecular flexibility index (Phi) is 5.97. The van der Waals surface area contributed by atoms with Crippen molar-refractivity contribution in [2.45, 2.75) is 65.8 Å². The van der Waals surface area contributed by atoms with Crippen molar-refractivity contribution in [3.8, 4) is 0 Å². The third-order valence-electron chi connectivity index (χ3n) is 4.89. The highest BCUT2D eigenvalue weighted by atomic mass is 32.1. The van der Waals surface area contributed by atoms with Crippen LogP contribution in [0.3, 0.4) is 0 Å². The molecule has 4 heteroatoms. The van der Waals surface area contributed by atoms with Gasteiger partial charge in [0.25, 0.3) is 0 Å². The molecule has 114 valence electrons.